The van der Waals surface area contributed by atoms with Crippen molar-refractivity contribution in [3.05, 3.63) is 70.8 Å². The molecule has 0 saturated heterocycles. The summed E-state index contributed by atoms with van der Waals surface area (Å²) in [4.78, 5) is 24.2. The van der Waals surface area contributed by atoms with Gasteiger partial charge in [0.1, 0.15) is 5.82 Å². The van der Waals surface area contributed by atoms with Gasteiger partial charge in [0.05, 0.1) is 17.6 Å². The number of Topliss-reactive ketones (excluding diaryl/α,β-unsaturated/α-hetero) is 1. The summed E-state index contributed by atoms with van der Waals surface area (Å²) in [6, 6.07) is 6.54. The molecule has 2 aromatic rings. The number of hydrogen-bond acceptors (Lipinski definition) is 3. The highest BCUT2D eigenvalue weighted by Gasteiger charge is 2.11. The van der Waals surface area contributed by atoms with Crippen LogP contribution in [-0.2, 0) is 11.2 Å². The van der Waals surface area contributed by atoms with E-state index in [9.17, 15) is 4.79 Å². The second-order valence-corrected chi connectivity index (χ2v) is 8.83. The van der Waals surface area contributed by atoms with Crippen LogP contribution in [0.2, 0.25) is 0 Å². The van der Waals surface area contributed by atoms with Gasteiger partial charge in [-0.1, -0.05) is 54.3 Å². The first kappa shape index (κ1) is 23.6. The highest BCUT2D eigenvalue weighted by molar-refractivity contribution is 6.40. The molecule has 1 N–H and O–H groups in total. The minimum Gasteiger partial charge on any atom is -0.342 e. The van der Waals surface area contributed by atoms with E-state index in [0.29, 0.717) is 12.8 Å². The van der Waals surface area contributed by atoms with Crippen molar-refractivity contribution in [2.24, 2.45) is 4.99 Å². The number of H-pyrrole nitrogens is 1. The Hall–Kier alpha value is -3.01. The van der Waals surface area contributed by atoms with Gasteiger partial charge in [0.2, 0.25) is 0 Å². The Kier molecular flexibility index (Phi) is 8.55. The Labute approximate surface area is 192 Å². The molecule has 0 fully saturated rings. The van der Waals surface area contributed by atoms with Crippen LogP contribution in [0.15, 0.2) is 58.9 Å². The third-order valence-corrected chi connectivity index (χ3v) is 6.06. The number of aromatic amines is 1. The van der Waals surface area contributed by atoms with Crippen LogP contribution >= 0.6 is 0 Å². The van der Waals surface area contributed by atoms with Gasteiger partial charge in [-0.3, -0.25) is 9.79 Å². The molecule has 0 radical (unpaired) electrons. The van der Waals surface area contributed by atoms with E-state index in [0.717, 1.165) is 54.9 Å². The standard InChI is InChI=1S/C28H35N3O/c1-20(2)21(3)13-15-23-18-24(16-14-22(23)4)26-19-30-28(31-26)12-8-6-5-7-11-27(32)25-10-9-17-29-25/h9,13-19H,5-8,10-12H2,1-4H3,(H,30,31)/b15-13-. The van der Waals surface area contributed by atoms with Gasteiger partial charge >= 0.3 is 0 Å². The number of allylic oxidation sites excluding steroid dienone is 4. The number of rotatable bonds is 11. The average molecular weight is 430 g/mol. The molecule has 0 unspecified atom stereocenters. The Morgan fingerprint density at radius 1 is 1.12 bits per heavy atom. The van der Waals surface area contributed by atoms with Crippen LogP contribution in [0.4, 0.5) is 0 Å². The quantitative estimate of drug-likeness (QED) is 0.304. The molecular weight excluding hydrogens is 394 g/mol. The molecule has 2 heterocycles. The lowest BCUT2D eigenvalue weighted by Crippen LogP contribution is -2.10. The van der Waals surface area contributed by atoms with Gasteiger partial charge in [-0.15, -0.1) is 0 Å². The summed E-state index contributed by atoms with van der Waals surface area (Å²) in [5.74, 6) is 1.23. The monoisotopic (exact) mass is 429 g/mol. The van der Waals surface area contributed by atoms with Crippen LogP contribution in [0.1, 0.15) is 76.2 Å². The van der Waals surface area contributed by atoms with Gasteiger partial charge < -0.3 is 4.98 Å². The van der Waals surface area contributed by atoms with Crippen LogP contribution in [0.25, 0.3) is 17.3 Å². The number of ketones is 1. The van der Waals surface area contributed by atoms with E-state index in [1.54, 1.807) is 6.20 Å². The van der Waals surface area contributed by atoms with Crippen LogP contribution in [0, 0.1) is 6.92 Å². The number of nitrogens with one attached hydrogen (secondary N) is 1. The average Bonchev–Trinajstić information content (AvgIpc) is 3.47. The summed E-state index contributed by atoms with van der Waals surface area (Å²) in [7, 11) is 0. The lowest BCUT2D eigenvalue weighted by Gasteiger charge is -2.05. The molecule has 3 rings (SSSR count). The zero-order valence-electron chi connectivity index (χ0n) is 19.9. The van der Waals surface area contributed by atoms with Crippen molar-refractivity contribution in [3.8, 4) is 11.3 Å². The van der Waals surface area contributed by atoms with Crippen molar-refractivity contribution in [1.29, 1.82) is 0 Å². The molecule has 1 aliphatic heterocycles. The minimum atomic E-state index is 0.203. The summed E-state index contributed by atoms with van der Waals surface area (Å²) >= 11 is 0. The summed E-state index contributed by atoms with van der Waals surface area (Å²) < 4.78 is 0. The number of imidazole rings is 1. The highest BCUT2D eigenvalue weighted by Crippen LogP contribution is 2.23. The maximum absolute atomic E-state index is 12.0. The van der Waals surface area contributed by atoms with E-state index in [2.05, 4.69) is 73.0 Å². The van der Waals surface area contributed by atoms with Crippen LogP contribution < -0.4 is 0 Å². The molecule has 4 heteroatoms. The first-order valence-electron chi connectivity index (χ1n) is 11.7. The lowest BCUT2D eigenvalue weighted by molar-refractivity contribution is -0.113. The molecule has 0 aliphatic carbocycles. The second-order valence-electron chi connectivity index (χ2n) is 8.83. The van der Waals surface area contributed by atoms with E-state index in [1.807, 2.05) is 12.3 Å². The number of carbonyl (C=O) groups is 1. The molecule has 32 heavy (non-hydrogen) atoms. The van der Waals surface area contributed by atoms with E-state index >= 15 is 0 Å². The Balaban J connectivity index is 1.47. The van der Waals surface area contributed by atoms with E-state index in [-0.39, 0.29) is 5.78 Å². The Bertz CT molecular complexity index is 1060. The third kappa shape index (κ3) is 6.74. The minimum absolute atomic E-state index is 0.203. The largest absolute Gasteiger partial charge is 0.342 e. The fourth-order valence-electron chi connectivity index (χ4n) is 3.63. The summed E-state index contributed by atoms with van der Waals surface area (Å²) in [6.07, 6.45) is 16.4. The Morgan fingerprint density at radius 2 is 1.94 bits per heavy atom. The van der Waals surface area contributed by atoms with Crippen molar-refractivity contribution < 1.29 is 4.79 Å². The van der Waals surface area contributed by atoms with Crippen LogP contribution in [0.5, 0.6) is 0 Å². The molecule has 0 saturated carbocycles. The molecular formula is C28H35N3O. The second kappa shape index (κ2) is 11.6. The number of nitrogens with zero attached hydrogens (tertiary/aromatic N) is 2. The van der Waals surface area contributed by atoms with Crippen LogP contribution in [-0.4, -0.2) is 21.5 Å². The van der Waals surface area contributed by atoms with Gasteiger partial charge in [-0.25, -0.2) is 4.98 Å². The first-order valence-corrected chi connectivity index (χ1v) is 11.7. The molecule has 0 spiro atoms. The molecule has 0 bridgehead atoms. The number of benzene rings is 1. The predicted molar refractivity (Wildman–Crippen MR) is 135 cm³/mol. The SMILES string of the molecule is CC(C)=C(C)/C=C\c1cc(-c2cnc(CCCCCCC(=O)C3=NC=CC3)[nH]2)ccc1C. The molecule has 0 atom stereocenters. The van der Waals surface area contributed by atoms with Gasteiger partial charge in [0, 0.05) is 31.0 Å². The number of hydrogen-bond donors (Lipinski definition) is 1. The molecule has 4 nitrogen and oxygen atoms in total. The number of aromatic nitrogens is 2. The number of unbranched alkanes of at least 4 members (excludes halogenated alkanes) is 3. The van der Waals surface area contributed by atoms with Crippen molar-refractivity contribution in [1.82, 2.24) is 9.97 Å². The maximum Gasteiger partial charge on any atom is 0.177 e. The summed E-state index contributed by atoms with van der Waals surface area (Å²) in [5.41, 5.74) is 8.06. The third-order valence-electron chi connectivity index (χ3n) is 6.06. The highest BCUT2D eigenvalue weighted by atomic mass is 16.1. The summed E-state index contributed by atoms with van der Waals surface area (Å²) in [6.45, 7) is 8.56. The van der Waals surface area contributed by atoms with Gasteiger partial charge in [-0.2, -0.15) is 0 Å². The number of aliphatic imine (C=N–C) groups is 1. The van der Waals surface area contributed by atoms with Crippen molar-refractivity contribution in [3.63, 3.8) is 0 Å². The number of aryl methyl sites for hydroxylation is 2. The van der Waals surface area contributed by atoms with Crippen molar-refractivity contribution in [2.45, 2.75) is 72.6 Å². The predicted octanol–water partition coefficient (Wildman–Crippen LogP) is 7.18. The molecule has 1 aromatic heterocycles. The molecule has 1 aliphatic rings. The van der Waals surface area contributed by atoms with Crippen molar-refractivity contribution in [2.75, 3.05) is 0 Å². The molecule has 168 valence electrons. The van der Waals surface area contributed by atoms with Crippen molar-refractivity contribution >= 4 is 17.6 Å². The smallest absolute Gasteiger partial charge is 0.177 e. The van der Waals surface area contributed by atoms with Gasteiger partial charge in [0.25, 0.3) is 0 Å². The Morgan fingerprint density at radius 3 is 2.69 bits per heavy atom. The fourth-order valence-corrected chi connectivity index (χ4v) is 3.63. The summed E-state index contributed by atoms with van der Waals surface area (Å²) in [5, 5.41) is 0. The topological polar surface area (TPSA) is 58.1 Å². The molecule has 1 aromatic carbocycles. The zero-order valence-corrected chi connectivity index (χ0v) is 19.9. The van der Waals surface area contributed by atoms with E-state index < -0.39 is 0 Å². The molecule has 0 amide bonds. The normalized spacial score (nSPS) is 13.1. The van der Waals surface area contributed by atoms with Gasteiger partial charge in [0.15, 0.2) is 5.78 Å². The fraction of sp³-hybridized carbons (Fsp3) is 0.393. The first-order chi connectivity index (χ1) is 15.4. The lowest BCUT2D eigenvalue weighted by atomic mass is 10.0. The zero-order chi connectivity index (χ0) is 22.9. The maximum atomic E-state index is 12.0. The van der Waals surface area contributed by atoms with E-state index in [4.69, 9.17) is 0 Å². The number of carbonyl (C=O) groups excluding carboxylic acids is 1. The van der Waals surface area contributed by atoms with Gasteiger partial charge in [-0.05, 0) is 57.7 Å². The van der Waals surface area contributed by atoms with Crippen LogP contribution in [0.3, 0.4) is 0 Å². The van der Waals surface area contributed by atoms with E-state index in [1.165, 1.54) is 22.3 Å².